The lowest BCUT2D eigenvalue weighted by atomic mass is 10.1. The molecule has 0 N–H and O–H groups in total. The van der Waals surface area contributed by atoms with Crippen LogP contribution in [-0.2, 0) is 0 Å². The van der Waals surface area contributed by atoms with Gasteiger partial charge in [-0.3, -0.25) is 0 Å². The van der Waals surface area contributed by atoms with Crippen LogP contribution in [0.4, 0.5) is 0 Å². The lowest BCUT2D eigenvalue weighted by molar-refractivity contribution is 0.229. The van der Waals surface area contributed by atoms with E-state index in [1.54, 1.807) is 0 Å². The van der Waals surface area contributed by atoms with Gasteiger partial charge in [-0.15, -0.1) is 0 Å². The van der Waals surface area contributed by atoms with Crippen molar-refractivity contribution in [1.29, 1.82) is 0 Å². The van der Waals surface area contributed by atoms with Crippen molar-refractivity contribution in [2.24, 2.45) is 0 Å². The molecule has 108 valence electrons. The van der Waals surface area contributed by atoms with Crippen LogP contribution in [0.2, 0.25) is 0 Å². The highest BCUT2D eigenvalue weighted by Crippen LogP contribution is 2.08. The second-order valence-corrected chi connectivity index (χ2v) is 5.80. The summed E-state index contributed by atoms with van der Waals surface area (Å²) in [5, 5.41) is 0. The van der Waals surface area contributed by atoms with Gasteiger partial charge in [0.05, 0.1) is 0 Å². The first-order valence-electron chi connectivity index (χ1n) is 8.31. The fraction of sp³-hybridized carbons (Fsp3) is 1.00. The zero-order valence-corrected chi connectivity index (χ0v) is 12.8. The van der Waals surface area contributed by atoms with E-state index in [1.165, 1.54) is 90.6 Å². The predicted molar refractivity (Wildman–Crippen MR) is 81.2 cm³/mol. The highest BCUT2D eigenvalue weighted by Gasteiger charge is 2.07. The van der Waals surface area contributed by atoms with Crippen LogP contribution in [0.5, 0.6) is 0 Å². The summed E-state index contributed by atoms with van der Waals surface area (Å²) in [4.78, 5) is 5.15. The Bertz CT molecular complexity index is 144. The third-order valence-corrected chi connectivity index (χ3v) is 3.98. The molecular formula is C16H34N2. The Labute approximate surface area is 115 Å². The molecular weight excluding hydrogens is 220 g/mol. The van der Waals surface area contributed by atoms with Crippen molar-refractivity contribution < 1.29 is 0 Å². The minimum Gasteiger partial charge on any atom is -0.303 e. The quantitative estimate of drug-likeness (QED) is 0.753. The van der Waals surface area contributed by atoms with Gasteiger partial charge >= 0.3 is 0 Å². The summed E-state index contributed by atoms with van der Waals surface area (Å²) < 4.78 is 0. The van der Waals surface area contributed by atoms with Crippen LogP contribution in [0.1, 0.15) is 65.2 Å². The van der Waals surface area contributed by atoms with Crippen LogP contribution in [0, 0.1) is 0 Å². The van der Waals surface area contributed by atoms with E-state index in [4.69, 9.17) is 0 Å². The molecule has 0 aromatic rings. The van der Waals surface area contributed by atoms with Crippen molar-refractivity contribution in [1.82, 2.24) is 9.80 Å². The molecule has 2 nitrogen and oxygen atoms in total. The van der Waals surface area contributed by atoms with Crippen LogP contribution in [0.3, 0.4) is 0 Å². The normalized spacial score (nSPS) is 22.3. The van der Waals surface area contributed by atoms with E-state index in [0.29, 0.717) is 0 Å². The Morgan fingerprint density at radius 1 is 0.556 bits per heavy atom. The molecule has 0 aliphatic carbocycles. The van der Waals surface area contributed by atoms with Crippen LogP contribution >= 0.6 is 0 Å². The van der Waals surface area contributed by atoms with Crippen molar-refractivity contribution in [3.63, 3.8) is 0 Å². The van der Waals surface area contributed by atoms with Crippen LogP contribution in [0.25, 0.3) is 0 Å². The van der Waals surface area contributed by atoms with Gasteiger partial charge in [-0.1, -0.05) is 26.7 Å². The number of hydrogen-bond acceptors (Lipinski definition) is 2. The molecule has 0 spiro atoms. The van der Waals surface area contributed by atoms with Gasteiger partial charge < -0.3 is 9.80 Å². The summed E-state index contributed by atoms with van der Waals surface area (Å²) in [6.45, 7) is 12.6. The molecule has 0 radical (unpaired) electrons. The Morgan fingerprint density at radius 2 is 0.889 bits per heavy atom. The first-order valence-corrected chi connectivity index (χ1v) is 8.31. The molecule has 0 aromatic carbocycles. The maximum absolute atomic E-state index is 2.57. The van der Waals surface area contributed by atoms with Gasteiger partial charge in [0.1, 0.15) is 0 Å². The average molecular weight is 254 g/mol. The van der Waals surface area contributed by atoms with Crippen LogP contribution < -0.4 is 0 Å². The maximum Gasteiger partial charge on any atom is -0.00187 e. The van der Waals surface area contributed by atoms with E-state index in [2.05, 4.69) is 23.6 Å². The highest BCUT2D eigenvalue weighted by molar-refractivity contribution is 4.63. The Kier molecular flexibility index (Phi) is 9.59. The second-order valence-electron chi connectivity index (χ2n) is 5.80. The van der Waals surface area contributed by atoms with Crippen LogP contribution in [0.15, 0.2) is 0 Å². The van der Waals surface area contributed by atoms with E-state index < -0.39 is 0 Å². The molecule has 0 saturated carbocycles. The van der Waals surface area contributed by atoms with Gasteiger partial charge in [0.2, 0.25) is 0 Å². The molecule has 0 bridgehead atoms. The number of nitrogens with zero attached hydrogens (tertiary/aromatic N) is 2. The minimum absolute atomic E-state index is 1.32. The SMILES string of the molecule is CCCN1CCCCC1.CCCN1CCCCC1. The van der Waals surface area contributed by atoms with Gasteiger partial charge in [0.15, 0.2) is 0 Å². The number of piperidine rings is 2. The third kappa shape index (κ3) is 7.38. The van der Waals surface area contributed by atoms with Crippen molar-refractivity contribution >= 4 is 0 Å². The van der Waals surface area contributed by atoms with E-state index in [9.17, 15) is 0 Å². The Balaban J connectivity index is 0.000000180. The molecule has 0 unspecified atom stereocenters. The van der Waals surface area contributed by atoms with Crippen molar-refractivity contribution in [2.45, 2.75) is 65.2 Å². The zero-order valence-electron chi connectivity index (χ0n) is 12.8. The molecule has 2 aliphatic heterocycles. The van der Waals surface area contributed by atoms with Crippen molar-refractivity contribution in [3.8, 4) is 0 Å². The van der Waals surface area contributed by atoms with E-state index in [0.717, 1.165) is 0 Å². The van der Waals surface area contributed by atoms with Crippen molar-refractivity contribution in [2.75, 3.05) is 39.3 Å². The Morgan fingerprint density at radius 3 is 1.17 bits per heavy atom. The molecule has 0 amide bonds. The summed E-state index contributed by atoms with van der Waals surface area (Å²) in [5.74, 6) is 0. The molecule has 2 aliphatic rings. The van der Waals surface area contributed by atoms with Gasteiger partial charge in [-0.25, -0.2) is 0 Å². The number of likely N-dealkylation sites (tertiary alicyclic amines) is 2. The monoisotopic (exact) mass is 254 g/mol. The predicted octanol–water partition coefficient (Wildman–Crippen LogP) is 3.76. The molecule has 2 heterocycles. The largest absolute Gasteiger partial charge is 0.303 e. The van der Waals surface area contributed by atoms with E-state index in [1.807, 2.05) is 0 Å². The number of rotatable bonds is 4. The molecule has 2 saturated heterocycles. The average Bonchev–Trinajstić information content (AvgIpc) is 2.43. The topological polar surface area (TPSA) is 6.48 Å². The van der Waals surface area contributed by atoms with Crippen LogP contribution in [-0.4, -0.2) is 49.1 Å². The fourth-order valence-corrected chi connectivity index (χ4v) is 3.00. The lowest BCUT2D eigenvalue weighted by Crippen LogP contribution is -2.30. The maximum atomic E-state index is 2.57. The van der Waals surface area contributed by atoms with Gasteiger partial charge in [0, 0.05) is 0 Å². The summed E-state index contributed by atoms with van der Waals surface area (Å²) >= 11 is 0. The third-order valence-electron chi connectivity index (χ3n) is 3.98. The summed E-state index contributed by atoms with van der Waals surface area (Å²) in [6, 6.07) is 0. The minimum atomic E-state index is 1.32. The lowest BCUT2D eigenvalue weighted by Gasteiger charge is -2.25. The molecule has 2 fully saturated rings. The fourth-order valence-electron chi connectivity index (χ4n) is 3.00. The highest BCUT2D eigenvalue weighted by atomic mass is 15.1. The van der Waals surface area contributed by atoms with Gasteiger partial charge in [-0.2, -0.15) is 0 Å². The molecule has 2 rings (SSSR count). The molecule has 18 heavy (non-hydrogen) atoms. The van der Waals surface area contributed by atoms with Gasteiger partial charge in [-0.05, 0) is 77.8 Å². The van der Waals surface area contributed by atoms with Crippen molar-refractivity contribution in [3.05, 3.63) is 0 Å². The molecule has 2 heteroatoms. The second kappa shape index (κ2) is 10.8. The summed E-state index contributed by atoms with van der Waals surface area (Å²) in [7, 11) is 0. The number of hydrogen-bond donors (Lipinski definition) is 0. The van der Waals surface area contributed by atoms with E-state index in [-0.39, 0.29) is 0 Å². The molecule has 0 aromatic heterocycles. The zero-order chi connectivity index (χ0) is 13.1. The Hall–Kier alpha value is -0.0800. The molecule has 0 atom stereocenters. The summed E-state index contributed by atoms with van der Waals surface area (Å²) in [5.41, 5.74) is 0. The standard InChI is InChI=1S/2C8H17N/c2*1-2-6-9-7-4-3-5-8-9/h2*2-8H2,1H3. The van der Waals surface area contributed by atoms with E-state index >= 15 is 0 Å². The van der Waals surface area contributed by atoms with Gasteiger partial charge in [0.25, 0.3) is 0 Å². The summed E-state index contributed by atoms with van der Waals surface area (Å²) in [6.07, 6.45) is 11.3. The first-order chi connectivity index (χ1) is 8.86. The smallest absolute Gasteiger partial charge is 0.00187 e. The first kappa shape index (κ1) is 16.0.